The molecule has 1 aromatic rings. The molecule has 2 aliphatic rings. The number of hydrogen-bond acceptors (Lipinski definition) is 3. The topological polar surface area (TPSA) is 43.8 Å². The van der Waals surface area contributed by atoms with E-state index in [2.05, 4.69) is 4.90 Å². The van der Waals surface area contributed by atoms with Gasteiger partial charge in [0.05, 0.1) is 11.7 Å². The summed E-state index contributed by atoms with van der Waals surface area (Å²) in [7, 11) is 0. The third-order valence-electron chi connectivity index (χ3n) is 4.80. The molecule has 2 aliphatic heterocycles. The van der Waals surface area contributed by atoms with E-state index in [0.717, 1.165) is 38.8 Å². The van der Waals surface area contributed by atoms with Crippen LogP contribution in [0.2, 0.25) is 0 Å². The number of carbonyl (C=O) groups excluding carboxylic acids is 1. The minimum Gasteiger partial charge on any atom is -0.396 e. The second kappa shape index (κ2) is 6.75. The lowest BCUT2D eigenvalue weighted by Crippen LogP contribution is -2.55. The van der Waals surface area contributed by atoms with Crippen LogP contribution in [-0.2, 0) is 4.79 Å². The standard InChI is InChI=1S/C17H23FN2O2/c18-14-6-1-2-7-15(14)20-10-4-8-16(17(20)22)19-9-3-5-13(11-19)12-21/h1-2,6-7,13,16,21H,3-5,8-12H2. The predicted octanol–water partition coefficient (Wildman–Crippen LogP) is 2.03. The molecule has 4 nitrogen and oxygen atoms in total. The van der Waals surface area contributed by atoms with Crippen molar-refractivity contribution in [3.63, 3.8) is 0 Å². The Morgan fingerprint density at radius 3 is 2.73 bits per heavy atom. The van der Waals surface area contributed by atoms with Crippen molar-refractivity contribution < 1.29 is 14.3 Å². The Morgan fingerprint density at radius 2 is 1.95 bits per heavy atom. The molecule has 0 spiro atoms. The van der Waals surface area contributed by atoms with Crippen LogP contribution < -0.4 is 4.90 Å². The highest BCUT2D eigenvalue weighted by Gasteiger charge is 2.36. The summed E-state index contributed by atoms with van der Waals surface area (Å²) in [5.41, 5.74) is 0.382. The van der Waals surface area contributed by atoms with E-state index in [1.54, 1.807) is 23.1 Å². The van der Waals surface area contributed by atoms with Gasteiger partial charge in [-0.3, -0.25) is 9.69 Å². The van der Waals surface area contributed by atoms with E-state index in [1.807, 2.05) is 0 Å². The van der Waals surface area contributed by atoms with E-state index in [4.69, 9.17) is 0 Å². The van der Waals surface area contributed by atoms with Crippen LogP contribution in [0.25, 0.3) is 0 Å². The fourth-order valence-corrected chi connectivity index (χ4v) is 3.63. The predicted molar refractivity (Wildman–Crippen MR) is 83.2 cm³/mol. The fourth-order valence-electron chi connectivity index (χ4n) is 3.63. The minimum atomic E-state index is -0.344. The second-order valence-corrected chi connectivity index (χ2v) is 6.29. The van der Waals surface area contributed by atoms with Gasteiger partial charge in [0.25, 0.3) is 0 Å². The highest BCUT2D eigenvalue weighted by Crippen LogP contribution is 2.28. The van der Waals surface area contributed by atoms with Gasteiger partial charge in [-0.05, 0) is 50.3 Å². The van der Waals surface area contributed by atoms with Gasteiger partial charge >= 0.3 is 0 Å². The van der Waals surface area contributed by atoms with Crippen molar-refractivity contribution in [2.45, 2.75) is 31.7 Å². The summed E-state index contributed by atoms with van der Waals surface area (Å²) in [6, 6.07) is 6.29. The molecule has 2 unspecified atom stereocenters. The Morgan fingerprint density at radius 1 is 1.18 bits per heavy atom. The molecular formula is C17H23FN2O2. The van der Waals surface area contributed by atoms with Crippen molar-refractivity contribution >= 4 is 11.6 Å². The number of amides is 1. The van der Waals surface area contributed by atoms with Crippen molar-refractivity contribution in [1.29, 1.82) is 0 Å². The Kier molecular flexibility index (Phi) is 4.74. The molecule has 2 atom stereocenters. The summed E-state index contributed by atoms with van der Waals surface area (Å²) in [6.07, 6.45) is 3.73. The third kappa shape index (κ3) is 3.01. The van der Waals surface area contributed by atoms with Crippen LogP contribution in [0.15, 0.2) is 24.3 Å². The molecule has 0 bridgehead atoms. The van der Waals surface area contributed by atoms with Gasteiger partial charge in [-0.1, -0.05) is 12.1 Å². The van der Waals surface area contributed by atoms with Crippen LogP contribution in [0.4, 0.5) is 10.1 Å². The molecule has 0 radical (unpaired) electrons. The summed E-state index contributed by atoms with van der Waals surface area (Å²) in [4.78, 5) is 16.6. The molecule has 0 saturated carbocycles. The summed E-state index contributed by atoms with van der Waals surface area (Å²) >= 11 is 0. The highest BCUT2D eigenvalue weighted by molar-refractivity contribution is 5.98. The first kappa shape index (κ1) is 15.4. The molecule has 5 heteroatoms. The number of halogens is 1. The number of piperidine rings is 2. The Labute approximate surface area is 130 Å². The first-order valence-corrected chi connectivity index (χ1v) is 8.11. The average Bonchev–Trinajstić information content (AvgIpc) is 2.56. The minimum absolute atomic E-state index is 0.00469. The van der Waals surface area contributed by atoms with E-state index in [-0.39, 0.29) is 30.3 Å². The second-order valence-electron chi connectivity index (χ2n) is 6.29. The third-order valence-corrected chi connectivity index (χ3v) is 4.80. The molecular weight excluding hydrogens is 283 g/mol. The van der Waals surface area contributed by atoms with Crippen molar-refractivity contribution in [2.24, 2.45) is 5.92 Å². The van der Waals surface area contributed by atoms with Gasteiger partial charge < -0.3 is 10.0 Å². The monoisotopic (exact) mass is 306 g/mol. The first-order valence-electron chi connectivity index (χ1n) is 8.11. The van der Waals surface area contributed by atoms with Gasteiger partial charge in [0.2, 0.25) is 5.91 Å². The van der Waals surface area contributed by atoms with Gasteiger partial charge in [-0.25, -0.2) is 4.39 Å². The number of para-hydroxylation sites is 1. The quantitative estimate of drug-likeness (QED) is 0.929. The van der Waals surface area contributed by atoms with Crippen molar-refractivity contribution in [3.05, 3.63) is 30.1 Å². The molecule has 0 aromatic heterocycles. The Balaban J connectivity index is 1.77. The number of anilines is 1. The van der Waals surface area contributed by atoms with E-state index in [9.17, 15) is 14.3 Å². The number of nitrogens with zero attached hydrogens (tertiary/aromatic N) is 2. The van der Waals surface area contributed by atoms with Crippen LogP contribution in [-0.4, -0.2) is 48.2 Å². The van der Waals surface area contributed by atoms with E-state index in [0.29, 0.717) is 12.2 Å². The fraction of sp³-hybridized carbons (Fsp3) is 0.588. The molecule has 120 valence electrons. The number of rotatable bonds is 3. The van der Waals surface area contributed by atoms with E-state index in [1.165, 1.54) is 6.07 Å². The maximum atomic E-state index is 14.0. The number of hydrogen-bond donors (Lipinski definition) is 1. The average molecular weight is 306 g/mol. The van der Waals surface area contributed by atoms with Gasteiger partial charge in [0, 0.05) is 19.7 Å². The zero-order chi connectivity index (χ0) is 15.5. The molecule has 1 aromatic carbocycles. The Bertz CT molecular complexity index is 537. The number of benzene rings is 1. The van der Waals surface area contributed by atoms with Gasteiger partial charge in [-0.15, -0.1) is 0 Å². The number of aliphatic hydroxyl groups is 1. The summed E-state index contributed by atoms with van der Waals surface area (Å²) in [5, 5.41) is 9.37. The van der Waals surface area contributed by atoms with Crippen LogP contribution in [0.1, 0.15) is 25.7 Å². The zero-order valence-electron chi connectivity index (χ0n) is 12.7. The molecule has 2 saturated heterocycles. The molecule has 22 heavy (non-hydrogen) atoms. The lowest BCUT2D eigenvalue weighted by molar-refractivity contribution is -0.126. The molecule has 0 aliphatic carbocycles. The summed E-state index contributed by atoms with van der Waals surface area (Å²) in [5.74, 6) is -0.0938. The molecule has 2 fully saturated rings. The van der Waals surface area contributed by atoms with Crippen LogP contribution in [0, 0.1) is 11.7 Å². The normalized spacial score (nSPS) is 27.2. The maximum absolute atomic E-state index is 14.0. The Hall–Kier alpha value is -1.46. The lowest BCUT2D eigenvalue weighted by Gasteiger charge is -2.41. The van der Waals surface area contributed by atoms with Gasteiger partial charge in [0.15, 0.2) is 0 Å². The molecule has 2 heterocycles. The number of likely N-dealkylation sites (tertiary alicyclic amines) is 1. The molecule has 1 amide bonds. The van der Waals surface area contributed by atoms with Crippen LogP contribution in [0.5, 0.6) is 0 Å². The van der Waals surface area contributed by atoms with Crippen LogP contribution >= 0.6 is 0 Å². The number of aliphatic hydroxyl groups excluding tert-OH is 1. The van der Waals surface area contributed by atoms with E-state index < -0.39 is 0 Å². The highest BCUT2D eigenvalue weighted by atomic mass is 19.1. The van der Waals surface area contributed by atoms with Crippen molar-refractivity contribution in [3.8, 4) is 0 Å². The molecule has 3 rings (SSSR count). The van der Waals surface area contributed by atoms with Crippen LogP contribution in [0.3, 0.4) is 0 Å². The largest absolute Gasteiger partial charge is 0.396 e. The lowest BCUT2D eigenvalue weighted by atomic mass is 9.94. The smallest absolute Gasteiger partial charge is 0.244 e. The zero-order valence-corrected chi connectivity index (χ0v) is 12.7. The SMILES string of the molecule is O=C1C(N2CCCC(CO)C2)CCCN1c1ccccc1F. The summed E-state index contributed by atoms with van der Waals surface area (Å²) < 4.78 is 14.0. The first-order chi connectivity index (χ1) is 10.7. The van der Waals surface area contributed by atoms with Crippen molar-refractivity contribution in [1.82, 2.24) is 4.90 Å². The number of carbonyl (C=O) groups is 1. The van der Waals surface area contributed by atoms with E-state index >= 15 is 0 Å². The van der Waals surface area contributed by atoms with Crippen molar-refractivity contribution in [2.75, 3.05) is 31.1 Å². The molecule has 1 N–H and O–H groups in total. The maximum Gasteiger partial charge on any atom is 0.244 e. The van der Waals surface area contributed by atoms with Gasteiger partial charge in [0.1, 0.15) is 5.82 Å². The van der Waals surface area contributed by atoms with Gasteiger partial charge in [-0.2, -0.15) is 0 Å². The summed E-state index contributed by atoms with van der Waals surface area (Å²) in [6.45, 7) is 2.40.